The van der Waals surface area contributed by atoms with E-state index in [-0.39, 0.29) is 0 Å². The topological polar surface area (TPSA) is 28.7 Å². The van der Waals surface area contributed by atoms with Crippen molar-refractivity contribution in [2.24, 2.45) is 0 Å². The van der Waals surface area contributed by atoms with Crippen molar-refractivity contribution in [1.82, 2.24) is 10.2 Å². The predicted molar refractivity (Wildman–Crippen MR) is 53.8 cm³/mol. The minimum absolute atomic E-state index is 0.469. The van der Waals surface area contributed by atoms with Crippen LogP contribution in [0.15, 0.2) is 16.6 Å². The van der Waals surface area contributed by atoms with E-state index in [1.54, 1.807) is 0 Å². The Kier molecular flexibility index (Phi) is 2.02. The van der Waals surface area contributed by atoms with E-state index < -0.39 is 0 Å². The second kappa shape index (κ2) is 2.91. The third-order valence-electron chi connectivity index (χ3n) is 1.57. The SMILES string of the molecule is Clc1[nH]nc2ccc(Br)c(Cl)c12. The first kappa shape index (κ1) is 8.35. The van der Waals surface area contributed by atoms with E-state index >= 15 is 0 Å². The smallest absolute Gasteiger partial charge is 0.133 e. The zero-order valence-electron chi connectivity index (χ0n) is 5.74. The minimum atomic E-state index is 0.469. The average molecular weight is 266 g/mol. The molecule has 12 heavy (non-hydrogen) atoms. The lowest BCUT2D eigenvalue weighted by atomic mass is 10.3. The van der Waals surface area contributed by atoms with Gasteiger partial charge in [-0.15, -0.1) is 0 Å². The van der Waals surface area contributed by atoms with Gasteiger partial charge in [-0.05, 0) is 28.1 Å². The molecule has 62 valence electrons. The van der Waals surface area contributed by atoms with Crippen molar-refractivity contribution >= 4 is 50.0 Å². The van der Waals surface area contributed by atoms with Crippen LogP contribution < -0.4 is 0 Å². The molecule has 0 bridgehead atoms. The van der Waals surface area contributed by atoms with Crippen LogP contribution in [-0.4, -0.2) is 10.2 Å². The number of hydrogen-bond acceptors (Lipinski definition) is 1. The highest BCUT2D eigenvalue weighted by Crippen LogP contribution is 2.33. The molecule has 0 amide bonds. The first-order chi connectivity index (χ1) is 5.70. The number of nitrogens with zero attached hydrogens (tertiary/aromatic N) is 1. The Hall–Kier alpha value is -0.250. The van der Waals surface area contributed by atoms with Crippen LogP contribution in [-0.2, 0) is 0 Å². The highest BCUT2D eigenvalue weighted by Gasteiger charge is 2.09. The minimum Gasteiger partial charge on any atom is -0.266 e. The van der Waals surface area contributed by atoms with Crippen LogP contribution in [0.1, 0.15) is 0 Å². The predicted octanol–water partition coefficient (Wildman–Crippen LogP) is 3.63. The molecule has 0 atom stereocenters. The zero-order chi connectivity index (χ0) is 8.72. The maximum absolute atomic E-state index is 5.98. The Morgan fingerprint density at radius 2 is 2.08 bits per heavy atom. The standard InChI is InChI=1S/C7H3BrCl2N2/c8-3-1-2-4-5(6(3)9)7(10)12-11-4/h1-2H,(H,11,12). The lowest BCUT2D eigenvalue weighted by molar-refractivity contribution is 1.12. The summed E-state index contributed by atoms with van der Waals surface area (Å²) in [5.41, 5.74) is 0.771. The number of H-pyrrole nitrogens is 1. The molecule has 0 aliphatic heterocycles. The van der Waals surface area contributed by atoms with Gasteiger partial charge in [-0.25, -0.2) is 0 Å². The molecule has 0 spiro atoms. The van der Waals surface area contributed by atoms with E-state index in [1.807, 2.05) is 12.1 Å². The number of hydrogen-bond donors (Lipinski definition) is 1. The molecule has 1 aromatic heterocycles. The number of halogens is 3. The van der Waals surface area contributed by atoms with Crippen LogP contribution in [0.3, 0.4) is 0 Å². The second-order valence-electron chi connectivity index (χ2n) is 2.29. The van der Waals surface area contributed by atoms with Crippen LogP contribution in [0.2, 0.25) is 10.2 Å². The molecule has 0 aliphatic carbocycles. The van der Waals surface area contributed by atoms with Crippen LogP contribution in [0.25, 0.3) is 10.9 Å². The highest BCUT2D eigenvalue weighted by atomic mass is 79.9. The van der Waals surface area contributed by atoms with Gasteiger partial charge in [-0.3, -0.25) is 5.10 Å². The monoisotopic (exact) mass is 264 g/mol. The summed E-state index contributed by atoms with van der Waals surface area (Å²) in [6.45, 7) is 0. The van der Waals surface area contributed by atoms with Crippen LogP contribution in [0, 0.1) is 0 Å². The summed E-state index contributed by atoms with van der Waals surface area (Å²) in [4.78, 5) is 0. The van der Waals surface area contributed by atoms with Gasteiger partial charge < -0.3 is 0 Å². The molecule has 0 radical (unpaired) electrons. The third kappa shape index (κ3) is 1.13. The molecule has 0 saturated heterocycles. The fraction of sp³-hybridized carbons (Fsp3) is 0. The van der Waals surface area contributed by atoms with Crippen LogP contribution in [0.4, 0.5) is 0 Å². The molecule has 1 heterocycles. The van der Waals surface area contributed by atoms with Gasteiger partial charge in [0.25, 0.3) is 0 Å². The third-order valence-corrected chi connectivity index (χ3v) is 3.12. The number of fused-ring (bicyclic) bond motifs is 1. The molecular weight excluding hydrogens is 263 g/mol. The number of rotatable bonds is 0. The molecule has 5 heteroatoms. The fourth-order valence-corrected chi connectivity index (χ4v) is 1.87. The van der Waals surface area contributed by atoms with Gasteiger partial charge in [0.05, 0.1) is 15.9 Å². The molecule has 0 aliphatic rings. The van der Waals surface area contributed by atoms with Crippen molar-refractivity contribution in [1.29, 1.82) is 0 Å². The van der Waals surface area contributed by atoms with E-state index in [2.05, 4.69) is 26.1 Å². The van der Waals surface area contributed by atoms with Crippen molar-refractivity contribution in [2.75, 3.05) is 0 Å². The van der Waals surface area contributed by atoms with Crippen molar-refractivity contribution in [2.45, 2.75) is 0 Å². The zero-order valence-corrected chi connectivity index (χ0v) is 8.83. The van der Waals surface area contributed by atoms with E-state index in [1.165, 1.54) is 0 Å². The lowest BCUT2D eigenvalue weighted by Gasteiger charge is -1.95. The molecule has 2 nitrogen and oxygen atoms in total. The van der Waals surface area contributed by atoms with E-state index in [9.17, 15) is 0 Å². The summed E-state index contributed by atoms with van der Waals surface area (Å²) in [6, 6.07) is 3.68. The quantitative estimate of drug-likeness (QED) is 0.774. The van der Waals surface area contributed by atoms with Crippen molar-refractivity contribution < 1.29 is 0 Å². The van der Waals surface area contributed by atoms with Gasteiger partial charge in [0.15, 0.2) is 0 Å². The van der Waals surface area contributed by atoms with Gasteiger partial charge in [0.2, 0.25) is 0 Å². The number of aromatic amines is 1. The Balaban J connectivity index is 2.96. The average Bonchev–Trinajstić information content (AvgIpc) is 2.41. The molecule has 0 fully saturated rings. The first-order valence-electron chi connectivity index (χ1n) is 3.17. The summed E-state index contributed by atoms with van der Waals surface area (Å²) >= 11 is 15.1. The van der Waals surface area contributed by atoms with Gasteiger partial charge >= 0.3 is 0 Å². The van der Waals surface area contributed by atoms with Crippen LogP contribution >= 0.6 is 39.1 Å². The molecular formula is C7H3BrCl2N2. The largest absolute Gasteiger partial charge is 0.266 e. The van der Waals surface area contributed by atoms with E-state index in [4.69, 9.17) is 23.2 Å². The first-order valence-corrected chi connectivity index (χ1v) is 4.72. The second-order valence-corrected chi connectivity index (χ2v) is 3.90. The maximum Gasteiger partial charge on any atom is 0.133 e. The molecule has 1 N–H and O–H groups in total. The summed E-state index contributed by atoms with van der Waals surface area (Å²) < 4.78 is 0.819. The Bertz CT molecular complexity index is 438. The van der Waals surface area contributed by atoms with Gasteiger partial charge in [0.1, 0.15) is 5.15 Å². The number of benzene rings is 1. The summed E-state index contributed by atoms with van der Waals surface area (Å²) in [6.07, 6.45) is 0. The molecule has 2 rings (SSSR count). The molecule has 0 unspecified atom stereocenters. The number of nitrogens with one attached hydrogen (secondary N) is 1. The summed E-state index contributed by atoms with van der Waals surface area (Å²) in [5.74, 6) is 0. The fourth-order valence-electron chi connectivity index (χ4n) is 1.01. The Labute approximate surface area is 87.0 Å². The number of aromatic nitrogens is 2. The van der Waals surface area contributed by atoms with Gasteiger partial charge in [-0.1, -0.05) is 23.2 Å². The molecule has 1 aromatic carbocycles. The summed E-state index contributed by atoms with van der Waals surface area (Å²) in [7, 11) is 0. The van der Waals surface area contributed by atoms with E-state index in [0.29, 0.717) is 10.2 Å². The lowest BCUT2D eigenvalue weighted by Crippen LogP contribution is -1.71. The van der Waals surface area contributed by atoms with Crippen molar-refractivity contribution in [3.8, 4) is 0 Å². The van der Waals surface area contributed by atoms with Gasteiger partial charge in [0, 0.05) is 4.47 Å². The Morgan fingerprint density at radius 3 is 2.83 bits per heavy atom. The van der Waals surface area contributed by atoms with Gasteiger partial charge in [-0.2, -0.15) is 5.10 Å². The normalized spacial score (nSPS) is 10.9. The molecule has 0 saturated carbocycles. The van der Waals surface area contributed by atoms with Crippen molar-refractivity contribution in [3.05, 3.63) is 26.8 Å². The Morgan fingerprint density at radius 1 is 1.33 bits per heavy atom. The maximum atomic E-state index is 5.98. The highest BCUT2D eigenvalue weighted by molar-refractivity contribution is 9.10. The van der Waals surface area contributed by atoms with Crippen molar-refractivity contribution in [3.63, 3.8) is 0 Å². The van der Waals surface area contributed by atoms with Crippen LogP contribution in [0.5, 0.6) is 0 Å². The molecule has 2 aromatic rings. The van der Waals surface area contributed by atoms with E-state index in [0.717, 1.165) is 15.4 Å². The summed E-state index contributed by atoms with van der Waals surface area (Å²) in [5, 5.41) is 8.43.